The summed E-state index contributed by atoms with van der Waals surface area (Å²) in [6.07, 6.45) is 3.70. The Kier molecular flexibility index (Phi) is 3.73. The van der Waals surface area contributed by atoms with Crippen LogP contribution in [-0.2, 0) is 0 Å². The lowest BCUT2D eigenvalue weighted by molar-refractivity contribution is 0.453. The van der Waals surface area contributed by atoms with E-state index < -0.39 is 0 Å². The van der Waals surface area contributed by atoms with E-state index >= 15 is 0 Å². The summed E-state index contributed by atoms with van der Waals surface area (Å²) < 4.78 is 13.6. The number of hydrogen-bond donors (Lipinski definition) is 2. The molecule has 1 unspecified atom stereocenters. The molecule has 17 heavy (non-hydrogen) atoms. The number of rotatable bonds is 5. The van der Waals surface area contributed by atoms with Gasteiger partial charge >= 0.3 is 0 Å². The Morgan fingerprint density at radius 3 is 2.76 bits per heavy atom. The third kappa shape index (κ3) is 3.42. The Morgan fingerprint density at radius 2 is 2.24 bits per heavy atom. The van der Waals surface area contributed by atoms with Gasteiger partial charge < -0.3 is 11.1 Å². The van der Waals surface area contributed by atoms with Crippen LogP contribution in [0.15, 0.2) is 22.7 Å². The summed E-state index contributed by atoms with van der Waals surface area (Å²) in [7, 11) is 0. The van der Waals surface area contributed by atoms with Gasteiger partial charge in [0.2, 0.25) is 0 Å². The molecule has 0 aliphatic heterocycles. The number of anilines is 1. The van der Waals surface area contributed by atoms with Crippen LogP contribution in [-0.4, -0.2) is 12.1 Å². The maximum absolute atomic E-state index is 13.1. The quantitative estimate of drug-likeness (QED) is 0.873. The average Bonchev–Trinajstić information content (AvgIpc) is 3.07. The molecule has 2 rings (SSSR count). The van der Waals surface area contributed by atoms with E-state index in [0.29, 0.717) is 11.0 Å². The van der Waals surface area contributed by atoms with Crippen molar-refractivity contribution in [2.45, 2.75) is 31.7 Å². The van der Waals surface area contributed by atoms with Crippen molar-refractivity contribution in [2.75, 3.05) is 11.9 Å². The summed E-state index contributed by atoms with van der Waals surface area (Å²) in [6, 6.07) is 4.97. The molecule has 94 valence electrons. The van der Waals surface area contributed by atoms with Gasteiger partial charge in [-0.2, -0.15) is 0 Å². The maximum atomic E-state index is 13.1. The molecule has 0 amide bonds. The highest BCUT2D eigenvalue weighted by Crippen LogP contribution is 2.37. The Hall–Kier alpha value is -0.610. The van der Waals surface area contributed by atoms with Crippen molar-refractivity contribution in [1.29, 1.82) is 0 Å². The minimum absolute atomic E-state index is 0.0988. The molecule has 1 aromatic carbocycles. The molecule has 0 bridgehead atoms. The predicted octanol–water partition coefficient (Wildman–Crippen LogP) is 3.52. The van der Waals surface area contributed by atoms with Gasteiger partial charge in [-0.25, -0.2) is 4.39 Å². The maximum Gasteiger partial charge on any atom is 0.137 e. The van der Waals surface area contributed by atoms with Gasteiger partial charge in [-0.1, -0.05) is 12.8 Å². The van der Waals surface area contributed by atoms with Crippen molar-refractivity contribution in [3.05, 3.63) is 28.5 Å². The van der Waals surface area contributed by atoms with Crippen molar-refractivity contribution >= 4 is 21.6 Å². The van der Waals surface area contributed by atoms with Gasteiger partial charge in [0, 0.05) is 17.8 Å². The summed E-state index contributed by atoms with van der Waals surface area (Å²) in [5, 5.41) is 3.42. The Bertz CT molecular complexity index is 406. The lowest BCUT2D eigenvalue weighted by Gasteiger charge is -2.31. The van der Waals surface area contributed by atoms with Gasteiger partial charge in [-0.15, -0.1) is 0 Å². The van der Waals surface area contributed by atoms with E-state index in [-0.39, 0.29) is 11.4 Å². The van der Waals surface area contributed by atoms with Crippen LogP contribution in [0.4, 0.5) is 10.1 Å². The van der Waals surface area contributed by atoms with E-state index in [1.165, 1.54) is 18.9 Å². The normalized spacial score (nSPS) is 18.8. The van der Waals surface area contributed by atoms with Crippen LogP contribution in [0.5, 0.6) is 0 Å². The molecule has 2 nitrogen and oxygen atoms in total. The van der Waals surface area contributed by atoms with Crippen molar-refractivity contribution in [2.24, 2.45) is 11.7 Å². The van der Waals surface area contributed by atoms with Crippen molar-refractivity contribution in [3.63, 3.8) is 0 Å². The van der Waals surface area contributed by atoms with Gasteiger partial charge in [0.15, 0.2) is 0 Å². The third-order valence-corrected chi connectivity index (χ3v) is 3.86. The first-order chi connectivity index (χ1) is 8.02. The Balaban J connectivity index is 2.08. The zero-order valence-corrected chi connectivity index (χ0v) is 11.6. The molecular formula is C13H18BrFN2. The summed E-state index contributed by atoms with van der Waals surface area (Å²) in [6.45, 7) is 2.71. The average molecular weight is 301 g/mol. The second kappa shape index (κ2) is 4.94. The first-order valence-electron chi connectivity index (χ1n) is 5.96. The molecule has 0 saturated heterocycles. The summed E-state index contributed by atoms with van der Waals surface area (Å²) >= 11 is 3.19. The molecule has 1 aliphatic rings. The summed E-state index contributed by atoms with van der Waals surface area (Å²) in [5.74, 6) is 0.562. The van der Waals surface area contributed by atoms with Gasteiger partial charge in [0.1, 0.15) is 5.82 Å². The van der Waals surface area contributed by atoms with Gasteiger partial charge in [-0.3, -0.25) is 0 Å². The standard InChI is InChI=1S/C13H18BrFN2/c1-13(8-16,7-9-2-3-9)17-10-4-5-12(15)11(14)6-10/h4-6,9,17H,2-3,7-8,16H2,1H3. The monoisotopic (exact) mass is 300 g/mol. The van der Waals surface area contributed by atoms with E-state index in [1.54, 1.807) is 12.1 Å². The van der Waals surface area contributed by atoms with E-state index in [9.17, 15) is 4.39 Å². The Labute approximate surface area is 110 Å². The van der Waals surface area contributed by atoms with Crippen LogP contribution in [0.1, 0.15) is 26.2 Å². The molecule has 0 heterocycles. The smallest absolute Gasteiger partial charge is 0.137 e. The third-order valence-electron chi connectivity index (χ3n) is 3.25. The summed E-state index contributed by atoms with van der Waals surface area (Å²) in [5.41, 5.74) is 6.66. The molecule has 1 aliphatic carbocycles. The van der Waals surface area contributed by atoms with Crippen LogP contribution in [0.25, 0.3) is 0 Å². The fraction of sp³-hybridized carbons (Fsp3) is 0.538. The van der Waals surface area contributed by atoms with Crippen molar-refractivity contribution in [1.82, 2.24) is 0 Å². The van der Waals surface area contributed by atoms with E-state index in [2.05, 4.69) is 28.2 Å². The largest absolute Gasteiger partial charge is 0.379 e. The lowest BCUT2D eigenvalue weighted by atomic mass is 9.94. The zero-order valence-electron chi connectivity index (χ0n) is 9.97. The van der Waals surface area contributed by atoms with Crippen LogP contribution in [0.2, 0.25) is 0 Å². The zero-order chi connectivity index (χ0) is 12.5. The fourth-order valence-electron chi connectivity index (χ4n) is 2.07. The molecule has 4 heteroatoms. The molecule has 1 atom stereocenters. The highest BCUT2D eigenvalue weighted by Gasteiger charge is 2.32. The van der Waals surface area contributed by atoms with Crippen molar-refractivity contribution in [3.8, 4) is 0 Å². The molecule has 1 aromatic rings. The molecule has 1 fully saturated rings. The Morgan fingerprint density at radius 1 is 1.53 bits per heavy atom. The van der Waals surface area contributed by atoms with Gasteiger partial charge in [0.05, 0.1) is 4.47 Å². The van der Waals surface area contributed by atoms with Crippen LogP contribution >= 0.6 is 15.9 Å². The second-order valence-corrected chi connectivity index (χ2v) is 6.02. The summed E-state index contributed by atoms with van der Waals surface area (Å²) in [4.78, 5) is 0. The minimum Gasteiger partial charge on any atom is -0.379 e. The molecule has 0 aromatic heterocycles. The van der Waals surface area contributed by atoms with E-state index in [0.717, 1.165) is 18.0 Å². The van der Waals surface area contributed by atoms with Crippen LogP contribution in [0, 0.1) is 11.7 Å². The van der Waals surface area contributed by atoms with E-state index in [1.807, 2.05) is 0 Å². The first-order valence-corrected chi connectivity index (χ1v) is 6.75. The molecular weight excluding hydrogens is 283 g/mol. The number of nitrogens with one attached hydrogen (secondary N) is 1. The highest BCUT2D eigenvalue weighted by molar-refractivity contribution is 9.10. The number of hydrogen-bond acceptors (Lipinski definition) is 2. The molecule has 0 radical (unpaired) electrons. The SMILES string of the molecule is CC(CN)(CC1CC1)Nc1ccc(F)c(Br)c1. The molecule has 0 spiro atoms. The lowest BCUT2D eigenvalue weighted by Crippen LogP contribution is -2.43. The first kappa shape index (κ1) is 12.8. The molecule has 1 saturated carbocycles. The van der Waals surface area contributed by atoms with Crippen LogP contribution in [0.3, 0.4) is 0 Å². The predicted molar refractivity (Wildman–Crippen MR) is 72.5 cm³/mol. The minimum atomic E-state index is -0.243. The van der Waals surface area contributed by atoms with Crippen LogP contribution < -0.4 is 11.1 Å². The number of nitrogens with two attached hydrogens (primary N) is 1. The highest BCUT2D eigenvalue weighted by atomic mass is 79.9. The number of benzene rings is 1. The van der Waals surface area contributed by atoms with Crippen molar-refractivity contribution < 1.29 is 4.39 Å². The van der Waals surface area contributed by atoms with E-state index in [4.69, 9.17) is 5.73 Å². The van der Waals surface area contributed by atoms with Gasteiger partial charge in [-0.05, 0) is 53.4 Å². The molecule has 3 N–H and O–H groups in total. The topological polar surface area (TPSA) is 38.0 Å². The fourth-order valence-corrected chi connectivity index (χ4v) is 2.45. The van der Waals surface area contributed by atoms with Gasteiger partial charge in [0.25, 0.3) is 0 Å². The second-order valence-electron chi connectivity index (χ2n) is 5.17. The number of halogens is 2.